The molecule has 4 rings (SSSR count). The lowest BCUT2D eigenvalue weighted by Gasteiger charge is -2.23. The van der Waals surface area contributed by atoms with Crippen LogP contribution >= 0.6 is 11.3 Å². The van der Waals surface area contributed by atoms with Gasteiger partial charge in [-0.1, -0.05) is 12.2 Å². The summed E-state index contributed by atoms with van der Waals surface area (Å²) < 4.78 is 10.4. The molecule has 0 spiro atoms. The summed E-state index contributed by atoms with van der Waals surface area (Å²) in [7, 11) is 0. The average molecular weight is 423 g/mol. The van der Waals surface area contributed by atoms with Gasteiger partial charge in [-0.25, -0.2) is 4.79 Å². The number of anilines is 1. The van der Waals surface area contributed by atoms with E-state index in [9.17, 15) is 14.9 Å². The van der Waals surface area contributed by atoms with Gasteiger partial charge in [0.2, 0.25) is 5.91 Å². The maximum Gasteiger partial charge on any atom is 0.410 e. The van der Waals surface area contributed by atoms with E-state index in [1.54, 1.807) is 23.3 Å². The molecular formula is C22H21N3O4S. The number of carbonyl (C=O) groups is 2. The van der Waals surface area contributed by atoms with Crippen LogP contribution in [0.25, 0.3) is 6.08 Å². The molecule has 1 aliphatic carbocycles. The van der Waals surface area contributed by atoms with Gasteiger partial charge in [-0.2, -0.15) is 5.26 Å². The highest BCUT2D eigenvalue weighted by Gasteiger charge is 2.27. The smallest absolute Gasteiger partial charge is 0.410 e. The number of nitriles is 1. The average Bonchev–Trinajstić information content (AvgIpc) is 3.51. The SMILES string of the molecule is N#Cc1c(NC(=O)C=Cc2ccoc2)sc2c1CCC(COC(=O)N1CC=CC1)C2. The van der Waals surface area contributed by atoms with Gasteiger partial charge in [0.05, 0.1) is 24.7 Å². The van der Waals surface area contributed by atoms with Crippen molar-refractivity contribution in [1.82, 2.24) is 4.90 Å². The maximum absolute atomic E-state index is 12.3. The third-order valence-electron chi connectivity index (χ3n) is 5.21. The second-order valence-corrected chi connectivity index (χ2v) is 8.37. The Labute approximate surface area is 178 Å². The number of hydrogen-bond acceptors (Lipinski definition) is 6. The number of thiophene rings is 1. The molecule has 1 atom stereocenters. The van der Waals surface area contributed by atoms with Crippen molar-refractivity contribution in [3.05, 3.63) is 58.4 Å². The van der Waals surface area contributed by atoms with Crippen LogP contribution in [0.4, 0.5) is 9.80 Å². The summed E-state index contributed by atoms with van der Waals surface area (Å²) in [5.41, 5.74) is 2.33. The maximum atomic E-state index is 12.3. The highest BCUT2D eigenvalue weighted by atomic mass is 32.1. The molecular weight excluding hydrogens is 402 g/mol. The van der Waals surface area contributed by atoms with Crippen molar-refractivity contribution >= 4 is 34.4 Å². The number of amides is 2. The number of carbonyl (C=O) groups excluding carboxylic acids is 2. The van der Waals surface area contributed by atoms with Crippen molar-refractivity contribution in [2.75, 3.05) is 25.0 Å². The fourth-order valence-corrected chi connectivity index (χ4v) is 4.92. The summed E-state index contributed by atoms with van der Waals surface area (Å²) in [6.07, 6.45) is 12.1. The Morgan fingerprint density at radius 1 is 1.40 bits per heavy atom. The molecule has 0 saturated carbocycles. The minimum absolute atomic E-state index is 0.215. The molecule has 2 aromatic rings. The number of nitrogens with one attached hydrogen (secondary N) is 1. The predicted octanol–water partition coefficient (Wildman–Crippen LogP) is 3.98. The molecule has 2 aliphatic rings. The third-order valence-corrected chi connectivity index (χ3v) is 6.37. The molecule has 8 heteroatoms. The van der Waals surface area contributed by atoms with Gasteiger partial charge in [0.1, 0.15) is 11.1 Å². The van der Waals surface area contributed by atoms with Gasteiger partial charge < -0.3 is 19.4 Å². The second-order valence-electron chi connectivity index (χ2n) is 7.26. The normalized spacial score (nSPS) is 17.7. The van der Waals surface area contributed by atoms with E-state index in [-0.39, 0.29) is 17.9 Å². The molecule has 0 aromatic carbocycles. The summed E-state index contributed by atoms with van der Waals surface area (Å²) in [5.74, 6) is -0.0808. The van der Waals surface area contributed by atoms with Crippen molar-refractivity contribution in [3.8, 4) is 6.07 Å². The van der Waals surface area contributed by atoms with Crippen LogP contribution in [0.3, 0.4) is 0 Å². The fraction of sp³-hybridized carbons (Fsp3) is 0.318. The van der Waals surface area contributed by atoms with Crippen molar-refractivity contribution < 1.29 is 18.7 Å². The molecule has 3 heterocycles. The Balaban J connectivity index is 1.37. The van der Waals surface area contributed by atoms with Crippen LogP contribution in [0, 0.1) is 17.2 Å². The Kier molecular flexibility index (Phi) is 6.00. The lowest BCUT2D eigenvalue weighted by atomic mass is 9.88. The van der Waals surface area contributed by atoms with Gasteiger partial charge in [-0.15, -0.1) is 11.3 Å². The summed E-state index contributed by atoms with van der Waals surface area (Å²) in [6, 6.07) is 3.99. The van der Waals surface area contributed by atoms with E-state index in [1.807, 2.05) is 12.2 Å². The monoisotopic (exact) mass is 423 g/mol. The first-order valence-corrected chi connectivity index (χ1v) is 10.6. The molecule has 30 heavy (non-hydrogen) atoms. The van der Waals surface area contributed by atoms with Gasteiger partial charge in [-0.05, 0) is 42.9 Å². The zero-order valence-corrected chi connectivity index (χ0v) is 17.1. The van der Waals surface area contributed by atoms with Crippen LogP contribution in [0.1, 0.15) is 28.0 Å². The molecule has 154 valence electrons. The van der Waals surface area contributed by atoms with Crippen LogP contribution < -0.4 is 5.32 Å². The Morgan fingerprint density at radius 2 is 2.23 bits per heavy atom. The fourth-order valence-electron chi connectivity index (χ4n) is 3.61. The van der Waals surface area contributed by atoms with Crippen LogP contribution in [-0.2, 0) is 22.4 Å². The predicted molar refractivity (Wildman–Crippen MR) is 113 cm³/mol. The quantitative estimate of drug-likeness (QED) is 0.580. The summed E-state index contributed by atoms with van der Waals surface area (Å²) in [4.78, 5) is 27.1. The Morgan fingerprint density at radius 3 is 2.97 bits per heavy atom. The zero-order chi connectivity index (χ0) is 20.9. The van der Waals surface area contributed by atoms with Crippen LogP contribution in [-0.4, -0.2) is 36.6 Å². The minimum atomic E-state index is -0.295. The summed E-state index contributed by atoms with van der Waals surface area (Å²) in [6.45, 7) is 1.56. The molecule has 2 aromatic heterocycles. The van der Waals surface area contributed by atoms with Crippen LogP contribution in [0.5, 0.6) is 0 Å². The summed E-state index contributed by atoms with van der Waals surface area (Å²) in [5, 5.41) is 13.0. The molecule has 7 nitrogen and oxygen atoms in total. The molecule has 1 unspecified atom stereocenters. The highest BCUT2D eigenvalue weighted by Crippen LogP contribution is 2.39. The van der Waals surface area contributed by atoms with E-state index < -0.39 is 0 Å². The Hall–Kier alpha value is -3.31. The zero-order valence-electron chi connectivity index (χ0n) is 16.3. The number of nitrogens with zero attached hydrogens (tertiary/aromatic N) is 2. The standard InChI is InChI=1S/C22H21N3O4S/c23-12-18-17-5-3-16(14-29-22(27)25-8-1-2-9-25)11-19(17)30-21(18)24-20(26)6-4-15-7-10-28-13-15/h1-2,4,6-7,10,13,16H,3,5,8-9,11,14H2,(H,24,26). The van der Waals surface area contributed by atoms with Crippen molar-refractivity contribution in [2.45, 2.75) is 19.3 Å². The lowest BCUT2D eigenvalue weighted by molar-refractivity contribution is -0.111. The van der Waals surface area contributed by atoms with E-state index in [2.05, 4.69) is 11.4 Å². The highest BCUT2D eigenvalue weighted by molar-refractivity contribution is 7.16. The minimum Gasteiger partial charge on any atom is -0.472 e. The molecule has 1 N–H and O–H groups in total. The van der Waals surface area contributed by atoms with Crippen molar-refractivity contribution in [3.63, 3.8) is 0 Å². The van der Waals surface area contributed by atoms with Gasteiger partial charge in [-0.3, -0.25) is 4.79 Å². The van der Waals surface area contributed by atoms with Gasteiger partial charge in [0, 0.05) is 29.6 Å². The molecule has 0 bridgehead atoms. The van der Waals surface area contributed by atoms with E-state index in [1.165, 1.54) is 23.7 Å². The van der Waals surface area contributed by atoms with Crippen molar-refractivity contribution in [1.29, 1.82) is 5.26 Å². The van der Waals surface area contributed by atoms with E-state index in [0.717, 1.165) is 35.3 Å². The molecule has 1 aliphatic heterocycles. The van der Waals surface area contributed by atoms with E-state index >= 15 is 0 Å². The van der Waals surface area contributed by atoms with Gasteiger partial charge >= 0.3 is 6.09 Å². The van der Waals surface area contributed by atoms with E-state index in [0.29, 0.717) is 30.3 Å². The summed E-state index contributed by atoms with van der Waals surface area (Å²) >= 11 is 1.43. The van der Waals surface area contributed by atoms with Crippen molar-refractivity contribution in [2.24, 2.45) is 5.92 Å². The van der Waals surface area contributed by atoms with Crippen LogP contribution in [0.15, 0.2) is 41.2 Å². The van der Waals surface area contributed by atoms with Crippen LogP contribution in [0.2, 0.25) is 0 Å². The molecule has 0 radical (unpaired) electrons. The number of hydrogen-bond donors (Lipinski definition) is 1. The first-order valence-electron chi connectivity index (χ1n) is 9.76. The molecule has 2 amide bonds. The van der Waals surface area contributed by atoms with E-state index in [4.69, 9.17) is 9.15 Å². The van der Waals surface area contributed by atoms with Gasteiger partial charge in [0.25, 0.3) is 0 Å². The second kappa shape index (κ2) is 9.01. The number of furan rings is 1. The lowest BCUT2D eigenvalue weighted by Crippen LogP contribution is -2.31. The third kappa shape index (κ3) is 4.47. The molecule has 0 saturated heterocycles. The number of rotatable bonds is 5. The van der Waals surface area contributed by atoms with Gasteiger partial charge in [0.15, 0.2) is 0 Å². The topological polar surface area (TPSA) is 95.6 Å². The number of fused-ring (bicyclic) bond motifs is 1. The Bertz CT molecular complexity index is 1020. The number of ether oxygens (including phenoxy) is 1. The first kappa shape index (κ1) is 20.0. The largest absolute Gasteiger partial charge is 0.472 e. The molecule has 0 fully saturated rings. The first-order chi connectivity index (χ1) is 14.6.